The van der Waals surface area contributed by atoms with Crippen molar-refractivity contribution in [1.29, 1.82) is 0 Å². The predicted molar refractivity (Wildman–Crippen MR) is 231 cm³/mol. The molecule has 2 aromatic rings. The Balaban J connectivity index is 1.33. The van der Waals surface area contributed by atoms with Gasteiger partial charge in [0.25, 0.3) is 0 Å². The number of nitrogen functional groups attached to an aromatic ring is 1. The lowest BCUT2D eigenvalue weighted by Crippen LogP contribution is -2.46. The predicted octanol–water partition coefficient (Wildman–Crippen LogP) is 1.18. The molecule has 0 aromatic carbocycles. The summed E-state index contributed by atoms with van der Waals surface area (Å²) < 4.78 is 62.3. The van der Waals surface area contributed by atoms with Crippen LogP contribution in [0.3, 0.4) is 0 Å². The van der Waals surface area contributed by atoms with Gasteiger partial charge in [0.2, 0.25) is 11.8 Å². The Hall–Kier alpha value is -3.27. The van der Waals surface area contributed by atoms with Gasteiger partial charge in [-0.2, -0.15) is 4.31 Å². The summed E-state index contributed by atoms with van der Waals surface area (Å²) in [6.45, 7) is 0.407. The number of aliphatic carboxylic acids is 1. The standard InChI is InChI=1S/C35H58N7O20P3S/c1-35(2,30(49)33(50)38-15-14-24(44)37-16-17-66-26(47)13-8-6-4-3-5-7-10-22(43)11-9-12-25(45)46)19-59-65(56,57)62-64(54,55)58-18-23-29(61-63(51,52)53)28(48)34(60-23)42-21-41-27-31(36)39-20-40-32(27)42/h9,12,20-23,28-30,34,43,48-49H,3-8,10-11,13-19H2,1-2H3,(H,37,44)(H,38,50)(H,45,46)(H,54,55)(H,56,57)(H2,36,39,40)(H2,51,52,53)/b12-9+. The van der Waals surface area contributed by atoms with Crippen LogP contribution in [0.1, 0.15) is 84.3 Å². The summed E-state index contributed by atoms with van der Waals surface area (Å²) in [6, 6.07) is 0. The average molecular weight is 1020 g/mol. The van der Waals surface area contributed by atoms with E-state index in [9.17, 15) is 67.8 Å². The van der Waals surface area contributed by atoms with Crippen LogP contribution in [0.25, 0.3) is 11.2 Å². The zero-order valence-electron chi connectivity index (χ0n) is 36.0. The molecule has 3 heterocycles. The fourth-order valence-corrected chi connectivity index (χ4v) is 9.72. The summed E-state index contributed by atoms with van der Waals surface area (Å²) in [5.74, 6) is -2.22. The van der Waals surface area contributed by atoms with E-state index in [1.54, 1.807) is 0 Å². The number of hydrogen-bond acceptors (Lipinski definition) is 20. The Morgan fingerprint density at radius 2 is 1.62 bits per heavy atom. The van der Waals surface area contributed by atoms with Crippen molar-refractivity contribution in [2.75, 3.05) is 37.8 Å². The SMILES string of the molecule is CC(C)(COP(=O)(O)OP(=O)(O)OCC1OC(n2cnc3c(N)ncnc32)C(O)C1OP(=O)(O)O)C(O)C(=O)NCCC(=O)NCCSC(=O)CCCCCCCCC(O)C/C=C/C(=O)O. The van der Waals surface area contributed by atoms with Crippen LogP contribution in [0.4, 0.5) is 5.82 Å². The van der Waals surface area contributed by atoms with Crippen LogP contribution in [0.15, 0.2) is 24.8 Å². The number of carbonyl (C=O) groups excluding carboxylic acids is 3. The average Bonchev–Trinajstić information content (AvgIpc) is 3.78. The van der Waals surface area contributed by atoms with Gasteiger partial charge in [0.1, 0.15) is 36.3 Å². The minimum atomic E-state index is -5.59. The van der Waals surface area contributed by atoms with Gasteiger partial charge in [-0.05, 0) is 19.3 Å². The lowest BCUT2D eigenvalue weighted by molar-refractivity contribution is -0.137. The third kappa shape index (κ3) is 20.1. The highest BCUT2D eigenvalue weighted by Crippen LogP contribution is 2.61. The molecule has 1 aliphatic rings. The van der Waals surface area contributed by atoms with Crippen molar-refractivity contribution in [3.8, 4) is 0 Å². The highest BCUT2D eigenvalue weighted by atomic mass is 32.2. The van der Waals surface area contributed by atoms with Crippen molar-refractivity contribution in [2.45, 2.75) is 115 Å². The largest absolute Gasteiger partial charge is 0.481 e. The third-order valence-corrected chi connectivity index (χ3v) is 13.6. The highest BCUT2D eigenvalue weighted by molar-refractivity contribution is 8.13. The number of anilines is 1. The molecule has 0 radical (unpaired) electrons. The van der Waals surface area contributed by atoms with Gasteiger partial charge >= 0.3 is 29.4 Å². The molecule has 0 aliphatic carbocycles. The molecule has 1 saturated heterocycles. The molecular weight excluding hydrogens is 963 g/mol. The fraction of sp³-hybridized carbons (Fsp3) is 0.686. The van der Waals surface area contributed by atoms with Gasteiger partial charge in [-0.25, -0.2) is 33.4 Å². The van der Waals surface area contributed by atoms with E-state index in [1.807, 2.05) is 0 Å². The maximum absolute atomic E-state index is 12.7. The maximum atomic E-state index is 12.7. The number of ether oxygens (including phenoxy) is 1. The number of phosphoric ester groups is 3. The zero-order valence-corrected chi connectivity index (χ0v) is 39.5. The number of nitrogens with zero attached hydrogens (tertiary/aromatic N) is 4. The topological polar surface area (TPSA) is 421 Å². The number of carboxylic acids is 1. The molecule has 31 heteroatoms. The van der Waals surface area contributed by atoms with Gasteiger partial charge in [-0.1, -0.05) is 63.8 Å². The van der Waals surface area contributed by atoms with E-state index in [4.69, 9.17) is 24.6 Å². The molecule has 0 saturated carbocycles. The molecule has 2 aromatic heterocycles. The van der Waals surface area contributed by atoms with Crippen molar-refractivity contribution < 1.29 is 95.5 Å². The van der Waals surface area contributed by atoms with Crippen molar-refractivity contribution in [1.82, 2.24) is 30.2 Å². The summed E-state index contributed by atoms with van der Waals surface area (Å²) in [5, 5.41) is 44.9. The maximum Gasteiger partial charge on any atom is 0.481 e. The molecule has 27 nitrogen and oxygen atoms in total. The zero-order chi connectivity index (χ0) is 49.3. The number of imidazole rings is 1. The minimum absolute atomic E-state index is 0.0151. The molecule has 0 spiro atoms. The number of aromatic nitrogens is 4. The molecule has 3 rings (SSSR count). The smallest absolute Gasteiger partial charge is 0.478 e. The van der Waals surface area contributed by atoms with Gasteiger partial charge in [-0.3, -0.25) is 32.5 Å². The van der Waals surface area contributed by atoms with Crippen molar-refractivity contribution in [3.63, 3.8) is 0 Å². The lowest BCUT2D eigenvalue weighted by atomic mass is 9.87. The third-order valence-electron chi connectivity index (χ3n) is 9.60. The van der Waals surface area contributed by atoms with Gasteiger partial charge < -0.3 is 61.1 Å². The fourth-order valence-electron chi connectivity index (χ4n) is 6.17. The molecule has 0 bridgehead atoms. The normalized spacial score (nSPS) is 20.7. The second-order valence-electron chi connectivity index (χ2n) is 15.6. The van der Waals surface area contributed by atoms with Crippen molar-refractivity contribution in [3.05, 3.63) is 24.8 Å². The van der Waals surface area contributed by atoms with Crippen LogP contribution in [0.5, 0.6) is 0 Å². The number of rotatable bonds is 31. The molecule has 66 heavy (non-hydrogen) atoms. The Bertz CT molecular complexity index is 2110. The first-order valence-corrected chi connectivity index (χ1v) is 25.9. The Morgan fingerprint density at radius 3 is 2.30 bits per heavy atom. The van der Waals surface area contributed by atoms with Gasteiger partial charge in [0.15, 0.2) is 22.8 Å². The van der Waals surface area contributed by atoms with Crippen LogP contribution in [-0.2, 0) is 55.5 Å². The van der Waals surface area contributed by atoms with E-state index in [1.165, 1.54) is 19.9 Å². The number of aliphatic hydroxyl groups excluding tert-OH is 3. The van der Waals surface area contributed by atoms with E-state index in [-0.39, 0.29) is 41.6 Å². The number of carboxylic acid groups (broad SMARTS) is 1. The number of amides is 2. The second-order valence-corrected chi connectivity index (χ2v) is 21.0. The lowest BCUT2D eigenvalue weighted by Gasteiger charge is -2.30. The Morgan fingerprint density at radius 1 is 0.955 bits per heavy atom. The molecule has 1 fully saturated rings. The van der Waals surface area contributed by atoms with Crippen LogP contribution >= 0.6 is 35.2 Å². The number of thioether (sulfide) groups is 1. The molecule has 8 unspecified atom stereocenters. The molecule has 8 atom stereocenters. The van der Waals surface area contributed by atoms with Crippen LogP contribution < -0.4 is 16.4 Å². The monoisotopic (exact) mass is 1020 g/mol. The van der Waals surface area contributed by atoms with Gasteiger partial charge in [0.05, 0.1) is 25.6 Å². The first-order chi connectivity index (χ1) is 30.8. The highest BCUT2D eigenvalue weighted by Gasteiger charge is 2.50. The number of phosphoric acid groups is 3. The number of unbranched alkanes of at least 4 members (excludes halogenated alkanes) is 5. The summed E-state index contributed by atoms with van der Waals surface area (Å²) >= 11 is 1.08. The van der Waals surface area contributed by atoms with Crippen LogP contribution in [0.2, 0.25) is 0 Å². The van der Waals surface area contributed by atoms with Crippen LogP contribution in [-0.4, -0.2) is 145 Å². The number of hydrogen-bond donors (Lipinski definition) is 11. The quantitative estimate of drug-likeness (QED) is 0.0287. The molecule has 374 valence electrons. The summed E-state index contributed by atoms with van der Waals surface area (Å²) in [4.78, 5) is 98.6. The molecule has 1 aliphatic heterocycles. The number of nitrogens with two attached hydrogens (primary N) is 1. The van der Waals surface area contributed by atoms with Crippen molar-refractivity contribution >= 4 is 75.1 Å². The number of fused-ring (bicyclic) bond motifs is 1. The number of aliphatic hydroxyl groups is 3. The van der Waals surface area contributed by atoms with E-state index in [0.29, 0.717) is 25.0 Å². The molecular formula is C35H58N7O20P3S. The van der Waals surface area contributed by atoms with Crippen LogP contribution in [0, 0.1) is 5.41 Å². The number of carbonyl (C=O) groups is 4. The van der Waals surface area contributed by atoms with Gasteiger partial charge in [-0.15, -0.1) is 0 Å². The minimum Gasteiger partial charge on any atom is -0.478 e. The van der Waals surface area contributed by atoms with E-state index in [0.717, 1.165) is 73.6 Å². The molecule has 2 amide bonds. The Kier molecular flexibility index (Phi) is 22.9. The summed E-state index contributed by atoms with van der Waals surface area (Å²) in [7, 11) is -16.5. The molecule has 12 N–H and O–H groups in total. The summed E-state index contributed by atoms with van der Waals surface area (Å²) in [5.41, 5.74) is 4.23. The van der Waals surface area contributed by atoms with Crippen molar-refractivity contribution in [2.24, 2.45) is 5.41 Å². The van der Waals surface area contributed by atoms with E-state index < -0.39 is 96.6 Å². The first-order valence-electron chi connectivity index (χ1n) is 20.4. The van der Waals surface area contributed by atoms with E-state index >= 15 is 0 Å². The second kappa shape index (κ2) is 26.5. The first kappa shape index (κ1) is 57.1. The van der Waals surface area contributed by atoms with Gasteiger partial charge in [0, 0.05) is 43.2 Å². The van der Waals surface area contributed by atoms with E-state index in [2.05, 4.69) is 34.4 Å². The Labute approximate surface area is 382 Å². The number of nitrogens with one attached hydrogen (secondary N) is 2. The summed E-state index contributed by atoms with van der Waals surface area (Å²) in [6.07, 6.45) is 1.35.